The lowest BCUT2D eigenvalue weighted by molar-refractivity contribution is 0.481. The third-order valence-corrected chi connectivity index (χ3v) is 3.37. The van der Waals surface area contributed by atoms with Gasteiger partial charge in [-0.25, -0.2) is 4.99 Å². The van der Waals surface area contributed by atoms with E-state index in [1.54, 1.807) is 6.20 Å². The monoisotopic (exact) mass is 309 g/mol. The Labute approximate surface area is 137 Å². The zero-order chi connectivity index (χ0) is 16.5. The van der Waals surface area contributed by atoms with Crippen LogP contribution >= 0.6 is 0 Å². The Bertz CT molecular complexity index is 671. The Morgan fingerprint density at radius 2 is 1.96 bits per heavy atom. The third-order valence-electron chi connectivity index (χ3n) is 3.37. The Balaban J connectivity index is 0.000000229. The number of furan rings is 1. The molecular weight excluding hydrogens is 286 g/mol. The maximum atomic E-state index is 5.61. The lowest BCUT2D eigenvalue weighted by Gasteiger charge is -2.03. The van der Waals surface area contributed by atoms with E-state index in [-0.39, 0.29) is 0 Å². The highest BCUT2D eigenvalue weighted by atomic mass is 16.3. The van der Waals surface area contributed by atoms with Crippen molar-refractivity contribution in [3.05, 3.63) is 78.9 Å². The zero-order valence-electron chi connectivity index (χ0n) is 13.4. The minimum absolute atomic E-state index is 0.361. The van der Waals surface area contributed by atoms with Crippen molar-refractivity contribution in [1.82, 2.24) is 0 Å². The van der Waals surface area contributed by atoms with Crippen LogP contribution in [0, 0.1) is 5.92 Å². The molecule has 0 saturated carbocycles. The molecule has 120 valence electrons. The Morgan fingerprint density at radius 1 is 1.22 bits per heavy atom. The van der Waals surface area contributed by atoms with Crippen LogP contribution in [0.25, 0.3) is 0 Å². The van der Waals surface area contributed by atoms with E-state index < -0.39 is 0 Å². The van der Waals surface area contributed by atoms with Crippen LogP contribution in [0.4, 0.5) is 5.69 Å². The van der Waals surface area contributed by atoms with Crippen LogP contribution in [0.15, 0.2) is 76.8 Å². The highest BCUT2D eigenvalue weighted by Crippen LogP contribution is 2.12. The average molecular weight is 309 g/mol. The summed E-state index contributed by atoms with van der Waals surface area (Å²) in [7, 11) is 0. The van der Waals surface area contributed by atoms with E-state index in [0.29, 0.717) is 12.5 Å². The fourth-order valence-electron chi connectivity index (χ4n) is 1.99. The van der Waals surface area contributed by atoms with Gasteiger partial charge in [0.15, 0.2) is 0 Å². The van der Waals surface area contributed by atoms with Crippen molar-refractivity contribution in [2.75, 3.05) is 5.32 Å². The van der Waals surface area contributed by atoms with Gasteiger partial charge in [0, 0.05) is 24.2 Å². The quantitative estimate of drug-likeness (QED) is 0.816. The van der Waals surface area contributed by atoms with Gasteiger partial charge in [-0.1, -0.05) is 37.3 Å². The number of anilines is 1. The van der Waals surface area contributed by atoms with Crippen molar-refractivity contribution in [2.24, 2.45) is 16.6 Å². The minimum Gasteiger partial charge on any atom is -0.464 e. The standard InChI is InChI=1S/C14H15NO.C5H8N2/c1-2-6-13-9-10-14(16-13)11-15-12-7-4-3-5-8-12;1-4-2-3-7-5(4)6/h2-5,7-10,15H,1,6,11H2;2-4H,1H3,(H2,6,7). The molecule has 1 aromatic heterocycles. The predicted molar refractivity (Wildman–Crippen MR) is 96.3 cm³/mol. The van der Waals surface area contributed by atoms with E-state index in [1.165, 1.54) is 0 Å². The number of para-hydroxylation sites is 1. The molecule has 0 aliphatic carbocycles. The molecule has 0 radical (unpaired) electrons. The number of amidine groups is 1. The SMILES string of the molecule is C=CCc1ccc(CNc2ccccc2)o1.CC1C=CN=C1N. The lowest BCUT2D eigenvalue weighted by atomic mass is 10.2. The molecule has 2 aromatic rings. The smallest absolute Gasteiger partial charge is 0.123 e. The fourth-order valence-corrected chi connectivity index (χ4v) is 1.99. The van der Waals surface area contributed by atoms with Crippen molar-refractivity contribution in [3.63, 3.8) is 0 Å². The molecule has 0 spiro atoms. The molecule has 1 unspecified atom stereocenters. The molecule has 0 fully saturated rings. The number of hydrogen-bond donors (Lipinski definition) is 2. The molecule has 23 heavy (non-hydrogen) atoms. The molecule has 1 aliphatic heterocycles. The molecule has 1 aromatic carbocycles. The number of benzene rings is 1. The second-order valence-electron chi connectivity index (χ2n) is 5.26. The van der Waals surface area contributed by atoms with Gasteiger partial charge in [-0.15, -0.1) is 6.58 Å². The molecule has 3 N–H and O–H groups in total. The zero-order valence-corrected chi connectivity index (χ0v) is 13.4. The molecule has 1 atom stereocenters. The summed E-state index contributed by atoms with van der Waals surface area (Å²) in [6.45, 7) is 6.41. The van der Waals surface area contributed by atoms with Gasteiger partial charge in [0.2, 0.25) is 0 Å². The molecular formula is C19H23N3O. The van der Waals surface area contributed by atoms with Crippen LogP contribution in [0.5, 0.6) is 0 Å². The number of rotatable bonds is 5. The number of aliphatic imine (C=N–C) groups is 1. The van der Waals surface area contributed by atoms with E-state index in [1.807, 2.05) is 61.5 Å². The maximum Gasteiger partial charge on any atom is 0.123 e. The number of nitrogens with one attached hydrogen (secondary N) is 1. The first-order valence-electron chi connectivity index (χ1n) is 7.66. The highest BCUT2D eigenvalue weighted by Gasteiger charge is 2.04. The number of allylic oxidation sites excluding steroid dienone is 1. The first-order chi connectivity index (χ1) is 11.2. The van der Waals surface area contributed by atoms with Gasteiger partial charge in [-0.05, 0) is 24.3 Å². The second kappa shape index (κ2) is 8.63. The van der Waals surface area contributed by atoms with Crippen LogP contribution in [-0.4, -0.2) is 5.84 Å². The van der Waals surface area contributed by atoms with Crippen molar-refractivity contribution in [2.45, 2.75) is 19.9 Å². The molecule has 0 bridgehead atoms. The normalized spacial score (nSPS) is 15.5. The summed E-state index contributed by atoms with van der Waals surface area (Å²) in [6, 6.07) is 14.1. The highest BCUT2D eigenvalue weighted by molar-refractivity contribution is 5.86. The fraction of sp³-hybridized carbons (Fsp3) is 0.211. The predicted octanol–water partition coefficient (Wildman–Crippen LogP) is 4.13. The average Bonchev–Trinajstić information content (AvgIpc) is 3.17. The van der Waals surface area contributed by atoms with Crippen LogP contribution in [0.1, 0.15) is 18.4 Å². The molecule has 0 amide bonds. The van der Waals surface area contributed by atoms with E-state index in [2.05, 4.69) is 16.9 Å². The minimum atomic E-state index is 0.361. The number of nitrogens with zero attached hydrogens (tertiary/aromatic N) is 1. The molecule has 2 heterocycles. The number of nitrogens with two attached hydrogens (primary N) is 1. The van der Waals surface area contributed by atoms with Gasteiger partial charge in [-0.3, -0.25) is 0 Å². The van der Waals surface area contributed by atoms with Gasteiger partial charge in [0.05, 0.1) is 6.54 Å². The molecule has 0 saturated heterocycles. The maximum absolute atomic E-state index is 5.61. The van der Waals surface area contributed by atoms with Crippen LogP contribution in [0.2, 0.25) is 0 Å². The van der Waals surface area contributed by atoms with Crippen molar-refractivity contribution in [3.8, 4) is 0 Å². The largest absolute Gasteiger partial charge is 0.464 e. The summed E-state index contributed by atoms with van der Waals surface area (Å²) < 4.78 is 5.61. The summed E-state index contributed by atoms with van der Waals surface area (Å²) in [5.41, 5.74) is 6.47. The van der Waals surface area contributed by atoms with Gasteiger partial charge in [0.1, 0.15) is 17.4 Å². The molecule has 1 aliphatic rings. The summed E-state index contributed by atoms with van der Waals surface area (Å²) in [4.78, 5) is 3.83. The molecule has 4 heteroatoms. The van der Waals surface area contributed by atoms with E-state index in [0.717, 1.165) is 29.5 Å². The number of hydrogen-bond acceptors (Lipinski definition) is 4. The van der Waals surface area contributed by atoms with E-state index in [9.17, 15) is 0 Å². The first kappa shape index (κ1) is 16.6. The Morgan fingerprint density at radius 3 is 2.52 bits per heavy atom. The topological polar surface area (TPSA) is 63.5 Å². The van der Waals surface area contributed by atoms with E-state index in [4.69, 9.17) is 10.2 Å². The van der Waals surface area contributed by atoms with Gasteiger partial charge in [0.25, 0.3) is 0 Å². The van der Waals surface area contributed by atoms with Crippen LogP contribution in [-0.2, 0) is 13.0 Å². The summed E-state index contributed by atoms with van der Waals surface area (Å²) in [5, 5.41) is 3.30. The molecule has 3 rings (SSSR count). The summed E-state index contributed by atoms with van der Waals surface area (Å²) in [5.74, 6) is 2.99. The van der Waals surface area contributed by atoms with Crippen LogP contribution < -0.4 is 11.1 Å². The van der Waals surface area contributed by atoms with Crippen LogP contribution in [0.3, 0.4) is 0 Å². The van der Waals surface area contributed by atoms with Gasteiger partial charge in [-0.2, -0.15) is 0 Å². The Hall–Kier alpha value is -2.75. The summed E-state index contributed by atoms with van der Waals surface area (Å²) >= 11 is 0. The van der Waals surface area contributed by atoms with Crippen molar-refractivity contribution >= 4 is 11.5 Å². The summed E-state index contributed by atoms with van der Waals surface area (Å²) in [6.07, 6.45) is 6.33. The lowest BCUT2D eigenvalue weighted by Crippen LogP contribution is -2.15. The van der Waals surface area contributed by atoms with Crippen molar-refractivity contribution in [1.29, 1.82) is 0 Å². The van der Waals surface area contributed by atoms with Gasteiger partial charge < -0.3 is 15.5 Å². The van der Waals surface area contributed by atoms with E-state index >= 15 is 0 Å². The first-order valence-corrected chi connectivity index (χ1v) is 7.66. The third kappa shape index (κ3) is 5.51. The van der Waals surface area contributed by atoms with Crippen molar-refractivity contribution < 1.29 is 4.42 Å². The second-order valence-corrected chi connectivity index (χ2v) is 5.26. The Kier molecular flexibility index (Phi) is 6.24. The van der Waals surface area contributed by atoms with Gasteiger partial charge >= 0.3 is 0 Å². The molecule has 4 nitrogen and oxygen atoms in total.